The highest BCUT2D eigenvalue weighted by Gasteiger charge is 1.83. The summed E-state index contributed by atoms with van der Waals surface area (Å²) >= 11 is 0. The average molecular weight is 137 g/mol. The van der Waals surface area contributed by atoms with Crippen LogP contribution in [0.5, 0.6) is 0 Å². The molecule has 0 saturated carbocycles. The molecule has 0 aliphatic heterocycles. The van der Waals surface area contributed by atoms with Crippen molar-refractivity contribution < 1.29 is 0 Å². The summed E-state index contributed by atoms with van der Waals surface area (Å²) in [5.74, 6) is 0. The van der Waals surface area contributed by atoms with Crippen LogP contribution >= 0.6 is 8.20 Å². The lowest BCUT2D eigenvalue weighted by atomic mass is 10.3. The van der Waals surface area contributed by atoms with Crippen LogP contribution in [0.15, 0.2) is 24.3 Å². The van der Waals surface area contributed by atoms with Gasteiger partial charge in [-0.1, -0.05) is 14.5 Å². The van der Waals surface area contributed by atoms with Crippen LogP contribution in [-0.2, 0) is 0 Å². The fraction of sp³-hybridized carbons (Fsp3) is 0. The normalized spacial score (nSPS) is 9.78. The van der Waals surface area contributed by atoms with E-state index in [4.69, 9.17) is 5.73 Å². The topological polar surface area (TPSA) is 26.0 Å². The molecular weight excluding hydrogens is 129 g/mol. The SMILES string of the molecule is C=Pc1ccc(N)cc1. The summed E-state index contributed by atoms with van der Waals surface area (Å²) in [5, 5.41) is 1.20. The standard InChI is InChI=1S/C7H8NP/c1-9-7-4-2-6(8)3-5-7/h2-5H,1,8H2. The molecule has 1 rings (SSSR count). The average Bonchev–Trinajstić information content (AvgIpc) is 1.90. The zero-order chi connectivity index (χ0) is 6.69. The maximum atomic E-state index is 5.46. The number of hydrogen-bond donors (Lipinski definition) is 1. The van der Waals surface area contributed by atoms with Crippen LogP contribution in [0.2, 0.25) is 0 Å². The molecule has 0 amide bonds. The van der Waals surface area contributed by atoms with Gasteiger partial charge in [0, 0.05) is 11.0 Å². The first kappa shape index (κ1) is 6.31. The number of hydrogen-bond acceptors (Lipinski definition) is 1. The Bertz CT molecular complexity index is 203. The predicted octanol–water partition coefficient (Wildman–Crippen LogP) is 1.27. The molecule has 0 spiro atoms. The molecule has 0 atom stereocenters. The first-order valence-electron chi connectivity index (χ1n) is 2.65. The van der Waals surface area contributed by atoms with Crippen molar-refractivity contribution in [2.24, 2.45) is 0 Å². The van der Waals surface area contributed by atoms with Crippen LogP contribution in [0.1, 0.15) is 0 Å². The molecule has 1 aromatic carbocycles. The molecule has 0 radical (unpaired) electrons. The molecule has 1 nitrogen and oxygen atoms in total. The molecule has 0 bridgehead atoms. The van der Waals surface area contributed by atoms with E-state index in [1.807, 2.05) is 24.3 Å². The van der Waals surface area contributed by atoms with E-state index < -0.39 is 0 Å². The number of rotatable bonds is 1. The maximum absolute atomic E-state index is 5.46. The van der Waals surface area contributed by atoms with Gasteiger partial charge in [0.15, 0.2) is 0 Å². The highest BCUT2D eigenvalue weighted by molar-refractivity contribution is 7.45. The van der Waals surface area contributed by atoms with E-state index in [2.05, 4.69) is 6.30 Å². The molecule has 2 heteroatoms. The van der Waals surface area contributed by atoms with Crippen LogP contribution in [0.3, 0.4) is 0 Å². The van der Waals surface area contributed by atoms with Gasteiger partial charge in [-0.2, -0.15) is 0 Å². The maximum Gasteiger partial charge on any atom is 0.0314 e. The molecule has 9 heavy (non-hydrogen) atoms. The van der Waals surface area contributed by atoms with Crippen molar-refractivity contribution >= 4 is 25.5 Å². The molecule has 46 valence electrons. The Kier molecular flexibility index (Phi) is 1.86. The van der Waals surface area contributed by atoms with Crippen molar-refractivity contribution in [1.29, 1.82) is 0 Å². The molecule has 0 aliphatic rings. The molecule has 0 unspecified atom stereocenters. The van der Waals surface area contributed by atoms with Crippen molar-refractivity contribution in [1.82, 2.24) is 0 Å². The zero-order valence-corrected chi connectivity index (χ0v) is 5.94. The van der Waals surface area contributed by atoms with Gasteiger partial charge in [-0.3, -0.25) is 0 Å². The Morgan fingerprint density at radius 1 is 1.22 bits per heavy atom. The minimum atomic E-state index is 0.808. The fourth-order valence-corrected chi connectivity index (χ4v) is 0.940. The van der Waals surface area contributed by atoms with E-state index in [1.54, 1.807) is 0 Å². The van der Waals surface area contributed by atoms with Gasteiger partial charge in [-0.05, 0) is 24.3 Å². The monoisotopic (exact) mass is 137 g/mol. The molecule has 0 heterocycles. The lowest BCUT2D eigenvalue weighted by molar-refractivity contribution is 1.73. The van der Waals surface area contributed by atoms with Crippen LogP contribution in [0.25, 0.3) is 0 Å². The minimum Gasteiger partial charge on any atom is -0.399 e. The van der Waals surface area contributed by atoms with Crippen LogP contribution in [0.4, 0.5) is 5.69 Å². The van der Waals surface area contributed by atoms with Crippen molar-refractivity contribution in [2.75, 3.05) is 5.73 Å². The Hall–Kier alpha value is -0.810. The van der Waals surface area contributed by atoms with Crippen molar-refractivity contribution in [3.8, 4) is 0 Å². The van der Waals surface area contributed by atoms with E-state index in [0.717, 1.165) is 13.9 Å². The summed E-state index contributed by atoms with van der Waals surface area (Å²) in [6, 6.07) is 7.72. The summed E-state index contributed by atoms with van der Waals surface area (Å²) in [4.78, 5) is 0. The largest absolute Gasteiger partial charge is 0.399 e. The number of benzene rings is 1. The van der Waals surface area contributed by atoms with Gasteiger partial charge in [-0.15, -0.1) is 0 Å². The predicted molar refractivity (Wildman–Crippen MR) is 44.5 cm³/mol. The van der Waals surface area contributed by atoms with Gasteiger partial charge < -0.3 is 5.73 Å². The van der Waals surface area contributed by atoms with E-state index in [9.17, 15) is 0 Å². The van der Waals surface area contributed by atoms with E-state index in [1.165, 1.54) is 5.30 Å². The summed E-state index contributed by atoms with van der Waals surface area (Å²) in [7, 11) is 1.05. The van der Waals surface area contributed by atoms with Crippen molar-refractivity contribution in [3.05, 3.63) is 24.3 Å². The van der Waals surface area contributed by atoms with E-state index >= 15 is 0 Å². The van der Waals surface area contributed by atoms with E-state index in [0.29, 0.717) is 0 Å². The first-order valence-corrected chi connectivity index (χ1v) is 3.73. The van der Waals surface area contributed by atoms with Crippen LogP contribution in [-0.4, -0.2) is 6.30 Å². The third-order valence-electron chi connectivity index (χ3n) is 1.08. The van der Waals surface area contributed by atoms with Gasteiger partial charge in [0.25, 0.3) is 0 Å². The highest BCUT2D eigenvalue weighted by Crippen LogP contribution is 2.00. The molecular formula is C7H8NP. The second-order valence-corrected chi connectivity index (χ2v) is 2.58. The Morgan fingerprint density at radius 2 is 1.78 bits per heavy atom. The number of nitrogen functional groups attached to an aromatic ring is 1. The summed E-state index contributed by atoms with van der Waals surface area (Å²) in [6.45, 7) is 0. The minimum absolute atomic E-state index is 0.808. The van der Waals surface area contributed by atoms with Gasteiger partial charge in [0.1, 0.15) is 0 Å². The smallest absolute Gasteiger partial charge is 0.0314 e. The van der Waals surface area contributed by atoms with Crippen molar-refractivity contribution in [2.45, 2.75) is 0 Å². The molecule has 0 aliphatic carbocycles. The van der Waals surface area contributed by atoms with Gasteiger partial charge >= 0.3 is 0 Å². The van der Waals surface area contributed by atoms with Gasteiger partial charge in [-0.25, -0.2) is 0 Å². The summed E-state index contributed by atoms with van der Waals surface area (Å²) in [5.41, 5.74) is 6.27. The van der Waals surface area contributed by atoms with Gasteiger partial charge in [0.05, 0.1) is 0 Å². The third-order valence-corrected chi connectivity index (χ3v) is 1.74. The second-order valence-electron chi connectivity index (χ2n) is 1.75. The third kappa shape index (κ3) is 1.55. The van der Waals surface area contributed by atoms with Crippen molar-refractivity contribution in [3.63, 3.8) is 0 Å². The fourth-order valence-electron chi connectivity index (χ4n) is 0.580. The lowest BCUT2D eigenvalue weighted by Gasteiger charge is -1.91. The molecule has 0 saturated heterocycles. The molecule has 1 aromatic rings. The Balaban J connectivity index is 3.01. The van der Waals surface area contributed by atoms with Gasteiger partial charge in [0.2, 0.25) is 0 Å². The molecule has 2 N–H and O–H groups in total. The van der Waals surface area contributed by atoms with Crippen LogP contribution < -0.4 is 11.0 Å². The van der Waals surface area contributed by atoms with E-state index in [-0.39, 0.29) is 0 Å². The van der Waals surface area contributed by atoms with Crippen LogP contribution in [0, 0.1) is 0 Å². The number of nitrogens with two attached hydrogens (primary N) is 1. The second kappa shape index (κ2) is 2.65. The Morgan fingerprint density at radius 3 is 2.22 bits per heavy atom. The Labute approximate surface area is 56.3 Å². The molecule has 0 fully saturated rings. The highest BCUT2D eigenvalue weighted by atomic mass is 31.1. The first-order chi connectivity index (χ1) is 4.33. The molecule has 0 aromatic heterocycles. The summed E-state index contributed by atoms with van der Waals surface area (Å²) in [6.07, 6.45) is 3.72. The zero-order valence-electron chi connectivity index (χ0n) is 5.04. The number of anilines is 1. The lowest BCUT2D eigenvalue weighted by Crippen LogP contribution is -1.91. The summed E-state index contributed by atoms with van der Waals surface area (Å²) < 4.78 is 0. The quantitative estimate of drug-likeness (QED) is 0.457.